The Balaban J connectivity index is 2.28. The van der Waals surface area contributed by atoms with Crippen molar-refractivity contribution in [3.63, 3.8) is 0 Å². The molecule has 1 unspecified atom stereocenters. The maximum absolute atomic E-state index is 11.5. The van der Waals surface area contributed by atoms with Gasteiger partial charge in [0.25, 0.3) is 0 Å². The topological polar surface area (TPSA) is 59.4 Å². The van der Waals surface area contributed by atoms with E-state index in [1.165, 1.54) is 12.3 Å². The molecule has 1 N–H and O–H groups in total. The number of benzene rings is 1. The molecule has 1 aromatic heterocycles. The number of hydrogen-bond donors (Lipinski definition) is 1. The lowest BCUT2D eigenvalue weighted by atomic mass is 9.95. The van der Waals surface area contributed by atoms with Gasteiger partial charge in [-0.2, -0.15) is 0 Å². The molecular weight excluding hydrogens is 313 g/mol. The van der Waals surface area contributed by atoms with E-state index in [0.29, 0.717) is 16.5 Å². The van der Waals surface area contributed by atoms with Crippen LogP contribution in [0.25, 0.3) is 0 Å². The largest absolute Gasteiger partial charge is 0.497 e. The van der Waals surface area contributed by atoms with Crippen molar-refractivity contribution in [3.8, 4) is 5.75 Å². The molecule has 0 radical (unpaired) electrons. The molecule has 6 heteroatoms. The van der Waals surface area contributed by atoms with Gasteiger partial charge in [0, 0.05) is 6.20 Å². The highest BCUT2D eigenvalue weighted by molar-refractivity contribution is 6.34. The van der Waals surface area contributed by atoms with E-state index in [0.717, 1.165) is 5.56 Å². The minimum absolute atomic E-state index is 0.253. The van der Waals surface area contributed by atoms with Crippen LogP contribution in [0.3, 0.4) is 0 Å². The van der Waals surface area contributed by atoms with Crippen LogP contribution >= 0.6 is 23.2 Å². The van der Waals surface area contributed by atoms with Crippen LogP contribution in [0, 0.1) is 0 Å². The van der Waals surface area contributed by atoms with E-state index in [4.69, 9.17) is 27.9 Å². The molecule has 21 heavy (non-hydrogen) atoms. The van der Waals surface area contributed by atoms with Crippen molar-refractivity contribution in [2.45, 2.75) is 12.3 Å². The minimum atomic E-state index is -0.984. The molecule has 4 nitrogen and oxygen atoms in total. The predicted molar refractivity (Wildman–Crippen MR) is 81.3 cm³/mol. The highest BCUT2D eigenvalue weighted by atomic mass is 35.5. The third-order valence-corrected chi connectivity index (χ3v) is 3.57. The highest BCUT2D eigenvalue weighted by Gasteiger charge is 2.24. The van der Waals surface area contributed by atoms with Crippen molar-refractivity contribution in [2.24, 2.45) is 0 Å². The van der Waals surface area contributed by atoms with Crippen molar-refractivity contribution in [2.75, 3.05) is 7.11 Å². The van der Waals surface area contributed by atoms with Gasteiger partial charge < -0.3 is 9.84 Å². The zero-order valence-corrected chi connectivity index (χ0v) is 12.7. The van der Waals surface area contributed by atoms with E-state index in [9.17, 15) is 9.90 Å². The quantitative estimate of drug-likeness (QED) is 0.908. The second kappa shape index (κ2) is 6.78. The van der Waals surface area contributed by atoms with E-state index in [1.807, 2.05) is 12.1 Å². The second-order valence-electron chi connectivity index (χ2n) is 4.46. The van der Waals surface area contributed by atoms with E-state index in [1.54, 1.807) is 19.2 Å². The first kappa shape index (κ1) is 15.6. The molecule has 0 bridgehead atoms. The average Bonchev–Trinajstić information content (AvgIpc) is 2.46. The monoisotopic (exact) mass is 325 g/mol. The number of rotatable bonds is 5. The van der Waals surface area contributed by atoms with Crippen molar-refractivity contribution >= 4 is 29.2 Å². The molecule has 0 aliphatic rings. The van der Waals surface area contributed by atoms with Gasteiger partial charge in [-0.25, -0.2) is 0 Å². The number of aromatic nitrogens is 1. The number of carboxylic acids is 1. The summed E-state index contributed by atoms with van der Waals surface area (Å²) in [5.74, 6) is -1.10. The summed E-state index contributed by atoms with van der Waals surface area (Å²) in [4.78, 5) is 15.6. The Morgan fingerprint density at radius 2 is 2.00 bits per heavy atom. The molecule has 1 atom stereocenters. The fourth-order valence-electron chi connectivity index (χ4n) is 1.98. The van der Waals surface area contributed by atoms with Gasteiger partial charge in [0.15, 0.2) is 0 Å². The van der Waals surface area contributed by atoms with E-state index < -0.39 is 11.9 Å². The molecule has 0 saturated carbocycles. The lowest BCUT2D eigenvalue weighted by Crippen LogP contribution is -2.16. The second-order valence-corrected chi connectivity index (χ2v) is 5.31. The zero-order chi connectivity index (χ0) is 15.4. The molecule has 0 aliphatic heterocycles. The number of halogens is 2. The molecule has 0 fully saturated rings. The highest BCUT2D eigenvalue weighted by Crippen LogP contribution is 2.28. The van der Waals surface area contributed by atoms with Crippen molar-refractivity contribution < 1.29 is 14.6 Å². The summed E-state index contributed by atoms with van der Waals surface area (Å²) in [5.41, 5.74) is 1.17. The number of methoxy groups -OCH3 is 1. The van der Waals surface area contributed by atoms with Crippen LogP contribution in [0.1, 0.15) is 17.2 Å². The van der Waals surface area contributed by atoms with Gasteiger partial charge in [-0.05, 0) is 30.2 Å². The van der Waals surface area contributed by atoms with Crippen LogP contribution in [0.5, 0.6) is 5.75 Å². The Kier molecular flexibility index (Phi) is 5.04. The maximum Gasteiger partial charge on any atom is 0.312 e. The summed E-state index contributed by atoms with van der Waals surface area (Å²) in [6.07, 6.45) is 1.68. The fraction of sp³-hybridized carbons (Fsp3) is 0.200. The molecule has 1 heterocycles. The lowest BCUT2D eigenvalue weighted by molar-refractivity contribution is -0.138. The Morgan fingerprint density at radius 3 is 2.52 bits per heavy atom. The predicted octanol–water partition coefficient (Wildman–Crippen LogP) is 3.81. The SMILES string of the molecule is COc1ccc(CC(C(=O)O)c2ncc(Cl)cc2Cl)cc1. The Bertz CT molecular complexity index is 644. The molecule has 0 aliphatic carbocycles. The van der Waals surface area contributed by atoms with Gasteiger partial charge in [0.1, 0.15) is 11.7 Å². The summed E-state index contributed by atoms with van der Waals surface area (Å²) < 4.78 is 5.07. The lowest BCUT2D eigenvalue weighted by Gasteiger charge is -2.14. The number of carboxylic acid groups (broad SMARTS) is 1. The summed E-state index contributed by atoms with van der Waals surface area (Å²) in [6.45, 7) is 0. The molecule has 1 aromatic carbocycles. The minimum Gasteiger partial charge on any atom is -0.497 e. The van der Waals surface area contributed by atoms with Gasteiger partial charge >= 0.3 is 5.97 Å². The molecule has 110 valence electrons. The summed E-state index contributed by atoms with van der Waals surface area (Å²) in [7, 11) is 1.58. The van der Waals surface area contributed by atoms with Crippen LogP contribution in [-0.4, -0.2) is 23.2 Å². The zero-order valence-electron chi connectivity index (χ0n) is 11.2. The molecule has 0 amide bonds. The Morgan fingerprint density at radius 1 is 1.33 bits per heavy atom. The third kappa shape index (κ3) is 3.86. The standard InChI is InChI=1S/C15H13Cl2NO3/c1-21-11-4-2-9(3-5-11)6-12(15(19)20)14-13(17)7-10(16)8-18-14/h2-5,7-8,12H,6H2,1H3,(H,19,20). The van der Waals surface area contributed by atoms with Crippen molar-refractivity contribution in [3.05, 3.63) is 57.8 Å². The summed E-state index contributed by atoms with van der Waals surface area (Å²) >= 11 is 11.8. The number of nitrogens with zero attached hydrogens (tertiary/aromatic N) is 1. The molecule has 2 rings (SSSR count). The van der Waals surface area contributed by atoms with Gasteiger partial charge in [-0.1, -0.05) is 35.3 Å². The molecular formula is C15H13Cl2NO3. The number of carbonyl (C=O) groups is 1. The van der Waals surface area contributed by atoms with E-state index >= 15 is 0 Å². The van der Waals surface area contributed by atoms with Crippen LogP contribution in [-0.2, 0) is 11.2 Å². The molecule has 2 aromatic rings. The first-order valence-electron chi connectivity index (χ1n) is 6.18. The number of pyridine rings is 1. The summed E-state index contributed by atoms with van der Waals surface area (Å²) in [5, 5.41) is 10.1. The number of hydrogen-bond acceptors (Lipinski definition) is 3. The van der Waals surface area contributed by atoms with E-state index in [-0.39, 0.29) is 11.4 Å². The van der Waals surface area contributed by atoms with Crippen molar-refractivity contribution in [1.82, 2.24) is 4.98 Å². The van der Waals surface area contributed by atoms with Crippen LogP contribution in [0.15, 0.2) is 36.5 Å². The third-order valence-electron chi connectivity index (χ3n) is 3.06. The molecule has 0 saturated heterocycles. The van der Waals surface area contributed by atoms with Gasteiger partial charge in [-0.3, -0.25) is 9.78 Å². The Hall–Kier alpha value is -1.78. The van der Waals surface area contributed by atoms with Gasteiger partial charge in [0.2, 0.25) is 0 Å². The van der Waals surface area contributed by atoms with Gasteiger partial charge in [-0.15, -0.1) is 0 Å². The van der Waals surface area contributed by atoms with E-state index in [2.05, 4.69) is 4.98 Å². The first-order chi connectivity index (χ1) is 10.0. The Labute approximate surface area is 132 Å². The van der Waals surface area contributed by atoms with Crippen LogP contribution < -0.4 is 4.74 Å². The average molecular weight is 326 g/mol. The fourth-order valence-corrected chi connectivity index (χ4v) is 2.49. The summed E-state index contributed by atoms with van der Waals surface area (Å²) in [6, 6.07) is 8.70. The molecule has 0 spiro atoms. The number of ether oxygens (including phenoxy) is 1. The smallest absolute Gasteiger partial charge is 0.312 e. The van der Waals surface area contributed by atoms with Gasteiger partial charge in [0.05, 0.1) is 22.8 Å². The number of aliphatic carboxylic acids is 1. The maximum atomic E-state index is 11.5. The van der Waals surface area contributed by atoms with Crippen LogP contribution in [0.2, 0.25) is 10.0 Å². The normalized spacial score (nSPS) is 12.0. The first-order valence-corrected chi connectivity index (χ1v) is 6.93. The van der Waals surface area contributed by atoms with Crippen LogP contribution in [0.4, 0.5) is 0 Å². The van der Waals surface area contributed by atoms with Crippen molar-refractivity contribution in [1.29, 1.82) is 0 Å².